The normalized spacial score (nSPS) is 10.7. The van der Waals surface area contributed by atoms with E-state index in [0.29, 0.717) is 12.5 Å². The Balaban J connectivity index is 2.14. The molecule has 0 bridgehead atoms. The van der Waals surface area contributed by atoms with E-state index in [9.17, 15) is 4.79 Å². The summed E-state index contributed by atoms with van der Waals surface area (Å²) < 4.78 is 1.97. The molecule has 2 aromatic rings. The van der Waals surface area contributed by atoms with Crippen LogP contribution in [0.4, 0.5) is 5.69 Å². The van der Waals surface area contributed by atoms with Gasteiger partial charge < -0.3 is 5.32 Å². The number of nitrogens with one attached hydrogen (secondary N) is 1. The van der Waals surface area contributed by atoms with E-state index in [0.717, 1.165) is 16.9 Å². The number of anilines is 1. The van der Waals surface area contributed by atoms with Gasteiger partial charge in [0.15, 0.2) is 11.9 Å². The number of benzene rings is 1. The maximum atomic E-state index is 12.3. The first-order chi connectivity index (χ1) is 9.99. The molecule has 0 radical (unpaired) electrons. The van der Waals surface area contributed by atoms with Gasteiger partial charge in [-0.3, -0.25) is 4.79 Å². The smallest absolute Gasteiger partial charge is 0.290 e. The highest BCUT2D eigenvalue weighted by Gasteiger charge is 2.15. The van der Waals surface area contributed by atoms with Crippen molar-refractivity contribution in [2.45, 2.75) is 40.2 Å². The molecule has 110 valence electrons. The number of rotatable bonds is 4. The lowest BCUT2D eigenvalue weighted by atomic mass is 10.0. The standard InChI is InChI=1S/C18H22N2O/c1-13(2)16-9-5-6-10-17(16)19-18(21)12-20-11-7-8-14(3)15(20)4/h5-11,13H,12H2,1-4H3/p+1. The molecular formula is C18H23N2O+. The number of carbonyl (C=O) groups excluding carboxylic acids is 1. The number of nitrogens with zero attached hydrogens (tertiary/aromatic N) is 1. The number of hydrogen-bond donors (Lipinski definition) is 1. The summed E-state index contributed by atoms with van der Waals surface area (Å²) in [5.74, 6) is 0.386. The van der Waals surface area contributed by atoms with Gasteiger partial charge in [-0.05, 0) is 30.5 Å². The minimum atomic E-state index is 0.00167. The first-order valence-corrected chi connectivity index (χ1v) is 7.33. The van der Waals surface area contributed by atoms with Crippen molar-refractivity contribution in [2.75, 3.05) is 5.32 Å². The lowest BCUT2D eigenvalue weighted by molar-refractivity contribution is -0.690. The fourth-order valence-corrected chi connectivity index (χ4v) is 2.38. The Bertz CT molecular complexity index is 647. The Morgan fingerprint density at radius 2 is 1.86 bits per heavy atom. The van der Waals surface area contributed by atoms with Gasteiger partial charge in [0.25, 0.3) is 5.91 Å². The van der Waals surface area contributed by atoms with Crippen LogP contribution in [-0.4, -0.2) is 5.91 Å². The largest absolute Gasteiger partial charge is 0.320 e. The van der Waals surface area contributed by atoms with E-state index in [4.69, 9.17) is 0 Å². The molecule has 1 aromatic heterocycles. The third kappa shape index (κ3) is 3.69. The molecule has 1 heterocycles. The molecule has 1 N–H and O–H groups in total. The maximum Gasteiger partial charge on any atom is 0.290 e. The summed E-state index contributed by atoms with van der Waals surface area (Å²) in [6.45, 7) is 8.68. The Morgan fingerprint density at radius 1 is 1.14 bits per heavy atom. The molecular weight excluding hydrogens is 260 g/mol. The third-order valence-electron chi connectivity index (χ3n) is 3.78. The second kappa shape index (κ2) is 6.53. The molecule has 2 rings (SSSR count). The molecule has 0 spiro atoms. The van der Waals surface area contributed by atoms with Crippen LogP contribution in [0.5, 0.6) is 0 Å². The first kappa shape index (κ1) is 15.2. The highest BCUT2D eigenvalue weighted by molar-refractivity contribution is 5.90. The van der Waals surface area contributed by atoms with E-state index >= 15 is 0 Å². The lowest BCUT2D eigenvalue weighted by Crippen LogP contribution is -2.43. The molecule has 0 fully saturated rings. The quantitative estimate of drug-likeness (QED) is 0.858. The monoisotopic (exact) mass is 283 g/mol. The molecule has 0 atom stereocenters. The van der Waals surface area contributed by atoms with Gasteiger partial charge in [-0.1, -0.05) is 32.0 Å². The van der Waals surface area contributed by atoms with Crippen LogP contribution < -0.4 is 9.88 Å². The predicted octanol–water partition coefficient (Wildman–Crippen LogP) is 3.35. The number of carbonyl (C=O) groups is 1. The van der Waals surface area contributed by atoms with Crippen LogP contribution in [0.25, 0.3) is 0 Å². The first-order valence-electron chi connectivity index (χ1n) is 7.33. The molecule has 1 aromatic carbocycles. The van der Waals surface area contributed by atoms with Crippen molar-refractivity contribution in [1.29, 1.82) is 0 Å². The zero-order valence-corrected chi connectivity index (χ0v) is 13.2. The number of para-hydroxylation sites is 1. The number of aromatic nitrogens is 1. The summed E-state index contributed by atoms with van der Waals surface area (Å²) in [5.41, 5.74) is 4.37. The molecule has 1 amide bonds. The molecule has 0 aliphatic heterocycles. The van der Waals surface area contributed by atoms with E-state index in [-0.39, 0.29) is 5.91 Å². The van der Waals surface area contributed by atoms with Gasteiger partial charge in [0.05, 0.1) is 0 Å². The van der Waals surface area contributed by atoms with Gasteiger partial charge in [0.1, 0.15) is 0 Å². The molecule has 0 saturated heterocycles. The van der Waals surface area contributed by atoms with Gasteiger partial charge in [-0.15, -0.1) is 0 Å². The average Bonchev–Trinajstić information content (AvgIpc) is 2.44. The van der Waals surface area contributed by atoms with Crippen molar-refractivity contribution < 1.29 is 9.36 Å². The fraction of sp³-hybridized carbons (Fsp3) is 0.333. The van der Waals surface area contributed by atoms with Crippen LogP contribution in [0.3, 0.4) is 0 Å². The summed E-state index contributed by atoms with van der Waals surface area (Å²) in [6, 6.07) is 12.0. The summed E-state index contributed by atoms with van der Waals surface area (Å²) in [5, 5.41) is 3.03. The minimum absolute atomic E-state index is 0.00167. The summed E-state index contributed by atoms with van der Waals surface area (Å²) >= 11 is 0. The Morgan fingerprint density at radius 3 is 2.57 bits per heavy atom. The number of hydrogen-bond acceptors (Lipinski definition) is 1. The highest BCUT2D eigenvalue weighted by Crippen LogP contribution is 2.23. The van der Waals surface area contributed by atoms with Crippen molar-refractivity contribution in [3.8, 4) is 0 Å². The van der Waals surface area contributed by atoms with E-state index in [1.165, 1.54) is 5.56 Å². The molecule has 3 nitrogen and oxygen atoms in total. The second-order valence-corrected chi connectivity index (χ2v) is 5.69. The van der Waals surface area contributed by atoms with E-state index in [1.54, 1.807) is 0 Å². The molecule has 0 saturated carbocycles. The summed E-state index contributed by atoms with van der Waals surface area (Å²) in [4.78, 5) is 12.3. The van der Waals surface area contributed by atoms with Crippen LogP contribution >= 0.6 is 0 Å². The maximum absolute atomic E-state index is 12.3. The van der Waals surface area contributed by atoms with Crippen molar-refractivity contribution in [3.05, 3.63) is 59.4 Å². The minimum Gasteiger partial charge on any atom is -0.320 e. The van der Waals surface area contributed by atoms with E-state index in [2.05, 4.69) is 38.2 Å². The zero-order valence-electron chi connectivity index (χ0n) is 13.2. The van der Waals surface area contributed by atoms with Gasteiger partial charge in [0, 0.05) is 24.2 Å². The molecule has 21 heavy (non-hydrogen) atoms. The Kier molecular flexibility index (Phi) is 4.73. The SMILES string of the molecule is Cc1ccc[n+](CC(=O)Nc2ccccc2C(C)C)c1C. The van der Waals surface area contributed by atoms with Gasteiger partial charge in [0.2, 0.25) is 6.54 Å². The Labute approximate surface area is 126 Å². The lowest BCUT2D eigenvalue weighted by Gasteiger charge is -2.13. The fourth-order valence-electron chi connectivity index (χ4n) is 2.38. The van der Waals surface area contributed by atoms with Gasteiger partial charge >= 0.3 is 0 Å². The summed E-state index contributed by atoms with van der Waals surface area (Å²) in [7, 11) is 0. The van der Waals surface area contributed by atoms with Gasteiger partial charge in [-0.2, -0.15) is 4.57 Å². The number of aryl methyl sites for hydroxylation is 1. The van der Waals surface area contributed by atoms with Gasteiger partial charge in [-0.25, -0.2) is 0 Å². The third-order valence-corrected chi connectivity index (χ3v) is 3.78. The number of pyridine rings is 1. The van der Waals surface area contributed by atoms with Crippen molar-refractivity contribution >= 4 is 11.6 Å². The second-order valence-electron chi connectivity index (χ2n) is 5.69. The topological polar surface area (TPSA) is 33.0 Å². The molecule has 3 heteroatoms. The average molecular weight is 283 g/mol. The molecule has 0 unspecified atom stereocenters. The van der Waals surface area contributed by atoms with Crippen LogP contribution in [0.15, 0.2) is 42.6 Å². The zero-order chi connectivity index (χ0) is 15.4. The van der Waals surface area contributed by atoms with Crippen molar-refractivity contribution in [3.63, 3.8) is 0 Å². The van der Waals surface area contributed by atoms with Crippen LogP contribution in [0, 0.1) is 13.8 Å². The molecule has 0 aliphatic carbocycles. The summed E-state index contributed by atoms with van der Waals surface area (Å²) in [6.07, 6.45) is 1.94. The number of amides is 1. The van der Waals surface area contributed by atoms with Crippen LogP contribution in [0.1, 0.15) is 36.6 Å². The van der Waals surface area contributed by atoms with E-state index in [1.807, 2.05) is 42.0 Å². The van der Waals surface area contributed by atoms with Crippen LogP contribution in [0.2, 0.25) is 0 Å². The van der Waals surface area contributed by atoms with Crippen LogP contribution in [-0.2, 0) is 11.3 Å². The van der Waals surface area contributed by atoms with Crippen molar-refractivity contribution in [2.24, 2.45) is 0 Å². The molecule has 0 aliphatic rings. The van der Waals surface area contributed by atoms with E-state index < -0.39 is 0 Å². The predicted molar refractivity (Wildman–Crippen MR) is 85.3 cm³/mol. The van der Waals surface area contributed by atoms with Crippen molar-refractivity contribution in [1.82, 2.24) is 0 Å². The Hall–Kier alpha value is -2.16. The highest BCUT2D eigenvalue weighted by atomic mass is 16.1.